The zero-order valence-electron chi connectivity index (χ0n) is 22.4. The molecule has 1 saturated carbocycles. The molecule has 0 radical (unpaired) electrons. The van der Waals surface area contributed by atoms with E-state index in [1.165, 1.54) is 0 Å². The van der Waals surface area contributed by atoms with Crippen LogP contribution in [0.1, 0.15) is 37.8 Å². The van der Waals surface area contributed by atoms with Crippen molar-refractivity contribution in [2.75, 3.05) is 19.7 Å². The molecule has 5 rings (SSSR count). The van der Waals surface area contributed by atoms with Crippen molar-refractivity contribution in [2.45, 2.75) is 56.8 Å². The summed E-state index contributed by atoms with van der Waals surface area (Å²) in [5.41, 5.74) is 2.49. The van der Waals surface area contributed by atoms with Crippen LogP contribution in [0.25, 0.3) is 10.9 Å². The van der Waals surface area contributed by atoms with Crippen LogP contribution in [0.2, 0.25) is 0 Å². The average Bonchev–Trinajstić information content (AvgIpc) is 3.65. The van der Waals surface area contributed by atoms with Gasteiger partial charge in [0, 0.05) is 48.6 Å². The number of rotatable bonds is 10. The minimum Gasteiger partial charge on any atom is -0.482 e. The summed E-state index contributed by atoms with van der Waals surface area (Å²) in [6, 6.07) is 17.0. The Labute approximate surface area is 247 Å². The van der Waals surface area contributed by atoms with Gasteiger partial charge >= 0.3 is 0 Å². The number of benzene rings is 2. The number of hydrogen-bond acceptors (Lipinski definition) is 5. The summed E-state index contributed by atoms with van der Waals surface area (Å²) in [5, 5.41) is 24.8. The topological polar surface area (TPSA) is 115 Å². The van der Waals surface area contributed by atoms with Crippen LogP contribution in [-0.4, -0.2) is 69.9 Å². The molecule has 1 fully saturated rings. The Balaban J connectivity index is 1.44. The number of ether oxygens (including phenoxy) is 1. The summed E-state index contributed by atoms with van der Waals surface area (Å²) in [4.78, 5) is 32.3. The van der Waals surface area contributed by atoms with E-state index in [2.05, 4.69) is 45.0 Å². The number of hydrogen-bond donors (Lipinski definition) is 4. The van der Waals surface area contributed by atoms with Gasteiger partial charge in [-0.3, -0.25) is 9.59 Å². The molecule has 0 bridgehead atoms. The number of carbonyl (C=O) groups is 2. The largest absolute Gasteiger partial charge is 0.482 e. The number of H-pyrrole nitrogens is 1. The third-order valence-corrected chi connectivity index (χ3v) is 8.80. The Kier molecular flexibility index (Phi) is 9.44. The first-order valence-electron chi connectivity index (χ1n) is 14.0. The minimum absolute atomic E-state index is 0.0303. The first kappa shape index (κ1) is 28.6. The molecular weight excluding hydrogens is 621 g/mol. The van der Waals surface area contributed by atoms with Gasteiger partial charge in [-0.05, 0) is 71.2 Å². The van der Waals surface area contributed by atoms with Crippen molar-refractivity contribution >= 4 is 45.3 Å². The van der Waals surface area contributed by atoms with Crippen molar-refractivity contribution in [2.24, 2.45) is 5.92 Å². The van der Waals surface area contributed by atoms with Crippen LogP contribution >= 0.6 is 22.6 Å². The molecule has 2 aliphatic carbocycles. The van der Waals surface area contributed by atoms with Gasteiger partial charge in [0.2, 0.25) is 11.8 Å². The Morgan fingerprint density at radius 1 is 1.10 bits per heavy atom. The minimum atomic E-state index is -1.03. The summed E-state index contributed by atoms with van der Waals surface area (Å²) in [6.07, 6.45) is 4.32. The summed E-state index contributed by atoms with van der Waals surface area (Å²) in [5.74, 6) is 0.224. The second kappa shape index (κ2) is 13.2. The summed E-state index contributed by atoms with van der Waals surface area (Å²) < 4.78 is 7.15. The molecule has 4 N–H and O–H groups in total. The second-order valence-electron chi connectivity index (χ2n) is 10.6. The molecule has 3 aromatic rings. The number of nitrogens with one attached hydrogen (secondary N) is 2. The number of aromatic nitrogens is 1. The summed E-state index contributed by atoms with van der Waals surface area (Å²) in [6.45, 7) is 0.353. The van der Waals surface area contributed by atoms with Gasteiger partial charge in [-0.1, -0.05) is 43.2 Å². The van der Waals surface area contributed by atoms with Crippen molar-refractivity contribution < 1.29 is 24.5 Å². The number of halogens is 1. The molecule has 2 amide bonds. The number of aromatic amines is 1. The van der Waals surface area contributed by atoms with Crippen LogP contribution in [0.4, 0.5) is 0 Å². The first-order chi connectivity index (χ1) is 19.4. The lowest BCUT2D eigenvalue weighted by atomic mass is 9.87. The lowest BCUT2D eigenvalue weighted by Gasteiger charge is -2.41. The Morgan fingerprint density at radius 2 is 1.85 bits per heavy atom. The van der Waals surface area contributed by atoms with Crippen molar-refractivity contribution in [1.82, 2.24) is 15.2 Å². The Bertz CT molecular complexity index is 1330. The van der Waals surface area contributed by atoms with Gasteiger partial charge in [0.05, 0.1) is 16.2 Å². The van der Waals surface area contributed by atoms with Gasteiger partial charge < -0.3 is 30.2 Å². The fourth-order valence-corrected chi connectivity index (χ4v) is 6.34. The predicted octanol–water partition coefficient (Wildman–Crippen LogP) is 3.95. The van der Waals surface area contributed by atoms with E-state index in [9.17, 15) is 19.8 Å². The van der Waals surface area contributed by atoms with Gasteiger partial charge in [0.1, 0.15) is 18.0 Å². The molecule has 3 atom stereocenters. The molecule has 40 heavy (non-hydrogen) atoms. The van der Waals surface area contributed by atoms with E-state index in [4.69, 9.17) is 4.74 Å². The van der Waals surface area contributed by atoms with Crippen LogP contribution in [0, 0.1) is 9.49 Å². The molecule has 0 saturated heterocycles. The smallest absolute Gasteiger partial charge is 0.247 e. The van der Waals surface area contributed by atoms with E-state index in [-0.39, 0.29) is 37.3 Å². The number of carbonyl (C=O) groups excluding carboxylic acids is 2. The standard InChI is InChI=1S/C31H36IN3O5/c32-24-10-4-6-12-27(24)40-28-19-22(30(38)33-14-16-36)18-26(29(28)37)35(31(39)20-7-1-2-8-20)15-13-23-17-21-9-3-5-11-25(21)34-23/h3-6,9-12,17,19-20,26,28-29,34,36-37H,1-2,7-8,13-16,18H2,(H,33,38)/t26-,28+,29+/m1/s1. The first-order valence-corrected chi connectivity index (χ1v) is 15.1. The van der Waals surface area contributed by atoms with E-state index in [1.54, 1.807) is 11.0 Å². The molecule has 1 aromatic heterocycles. The van der Waals surface area contributed by atoms with Gasteiger partial charge in [-0.15, -0.1) is 0 Å². The highest BCUT2D eigenvalue weighted by molar-refractivity contribution is 14.1. The lowest BCUT2D eigenvalue weighted by molar-refractivity contribution is -0.142. The third-order valence-electron chi connectivity index (χ3n) is 7.91. The zero-order chi connectivity index (χ0) is 28.1. The molecule has 212 valence electrons. The van der Waals surface area contributed by atoms with Crippen molar-refractivity contribution in [3.8, 4) is 5.75 Å². The SMILES string of the molecule is O=C(NCCO)C1=C[C@H](Oc2ccccc2I)[C@@H](O)[C@H](N(CCc2cc3ccccc3[nH]2)C(=O)C2CCCC2)C1. The molecule has 2 aromatic carbocycles. The maximum atomic E-state index is 14.0. The number of amides is 2. The van der Waals surface area contributed by atoms with Crippen LogP contribution < -0.4 is 10.1 Å². The summed E-state index contributed by atoms with van der Waals surface area (Å²) >= 11 is 2.18. The third kappa shape index (κ3) is 6.53. The van der Waals surface area contributed by atoms with Crippen LogP contribution in [0.3, 0.4) is 0 Å². The van der Waals surface area contributed by atoms with Crippen molar-refractivity contribution in [1.29, 1.82) is 0 Å². The molecule has 2 aliphatic rings. The second-order valence-corrected chi connectivity index (χ2v) is 11.8. The zero-order valence-corrected chi connectivity index (χ0v) is 24.5. The molecule has 1 heterocycles. The normalized spacial score (nSPS) is 21.3. The Hall–Kier alpha value is -2.89. The molecule has 0 unspecified atom stereocenters. The van der Waals surface area contributed by atoms with Gasteiger partial charge in [-0.2, -0.15) is 0 Å². The average molecular weight is 658 g/mol. The monoisotopic (exact) mass is 657 g/mol. The van der Waals surface area contributed by atoms with Crippen LogP contribution in [0.5, 0.6) is 5.75 Å². The quantitative estimate of drug-likeness (QED) is 0.247. The molecule has 9 heteroatoms. The number of nitrogens with zero attached hydrogens (tertiary/aromatic N) is 1. The van der Waals surface area contributed by atoms with E-state index in [1.807, 2.05) is 42.5 Å². The fourth-order valence-electron chi connectivity index (χ4n) is 5.82. The van der Waals surface area contributed by atoms with Crippen molar-refractivity contribution in [3.63, 3.8) is 0 Å². The van der Waals surface area contributed by atoms with E-state index in [0.29, 0.717) is 24.3 Å². The maximum absolute atomic E-state index is 14.0. The van der Waals surface area contributed by atoms with Crippen LogP contribution in [-0.2, 0) is 16.0 Å². The van der Waals surface area contributed by atoms with Gasteiger partial charge in [0.15, 0.2) is 0 Å². The van der Waals surface area contributed by atoms with Crippen molar-refractivity contribution in [3.05, 3.63) is 75.5 Å². The molecule has 0 spiro atoms. The molecular formula is C31H36IN3O5. The highest BCUT2D eigenvalue weighted by atomic mass is 127. The highest BCUT2D eigenvalue weighted by Crippen LogP contribution is 2.33. The van der Waals surface area contributed by atoms with E-state index < -0.39 is 18.2 Å². The van der Waals surface area contributed by atoms with Gasteiger partial charge in [0.25, 0.3) is 0 Å². The highest BCUT2D eigenvalue weighted by Gasteiger charge is 2.42. The molecule has 0 aliphatic heterocycles. The fraction of sp³-hybridized carbons (Fsp3) is 0.419. The molecule has 8 nitrogen and oxygen atoms in total. The Morgan fingerprint density at radius 3 is 2.60 bits per heavy atom. The summed E-state index contributed by atoms with van der Waals surface area (Å²) in [7, 11) is 0. The van der Waals surface area contributed by atoms with E-state index in [0.717, 1.165) is 45.9 Å². The maximum Gasteiger partial charge on any atom is 0.247 e. The number of fused-ring (bicyclic) bond motifs is 1. The predicted molar refractivity (Wildman–Crippen MR) is 162 cm³/mol. The van der Waals surface area contributed by atoms with E-state index >= 15 is 0 Å². The van der Waals surface area contributed by atoms with Crippen LogP contribution in [0.15, 0.2) is 66.2 Å². The van der Waals surface area contributed by atoms with Gasteiger partial charge in [-0.25, -0.2) is 0 Å². The lowest BCUT2D eigenvalue weighted by Crippen LogP contribution is -2.56. The number of aliphatic hydroxyl groups is 2. The number of aliphatic hydroxyl groups excluding tert-OH is 2. The number of para-hydroxylation sites is 2.